The van der Waals surface area contributed by atoms with Gasteiger partial charge in [-0.2, -0.15) is 0 Å². The van der Waals surface area contributed by atoms with E-state index in [1.165, 1.54) is 41.4 Å². The average molecular weight is 490 g/mol. The molecule has 0 aliphatic carbocycles. The van der Waals surface area contributed by atoms with Crippen LogP contribution in [0.5, 0.6) is 0 Å². The monoisotopic (exact) mass is 489 g/mol. The number of hydrogen-bond acceptors (Lipinski definition) is 5. The van der Waals surface area contributed by atoms with Crippen LogP contribution in [0.25, 0.3) is 10.8 Å². The van der Waals surface area contributed by atoms with Gasteiger partial charge in [0.1, 0.15) is 24.1 Å². The Morgan fingerprint density at radius 1 is 1.21 bits per heavy atom. The summed E-state index contributed by atoms with van der Waals surface area (Å²) in [4.78, 5) is 30.5. The minimum absolute atomic E-state index is 0.0312. The summed E-state index contributed by atoms with van der Waals surface area (Å²) >= 11 is 5.93. The van der Waals surface area contributed by atoms with Gasteiger partial charge in [-0.25, -0.2) is 23.4 Å². The summed E-state index contributed by atoms with van der Waals surface area (Å²) in [7, 11) is 0. The van der Waals surface area contributed by atoms with E-state index >= 15 is 0 Å². The summed E-state index contributed by atoms with van der Waals surface area (Å²) in [5, 5.41) is 6.44. The van der Waals surface area contributed by atoms with Gasteiger partial charge in [0.15, 0.2) is 0 Å². The fraction of sp³-hybridized carbons (Fsp3) is 0.261. The van der Waals surface area contributed by atoms with E-state index in [1.54, 1.807) is 12.1 Å². The number of carbonyl (C=O) groups excluding carboxylic acids is 2. The van der Waals surface area contributed by atoms with Gasteiger partial charge < -0.3 is 20.7 Å². The molecule has 34 heavy (non-hydrogen) atoms. The smallest absolute Gasteiger partial charge is 0.412 e. The maximum absolute atomic E-state index is 13.6. The van der Waals surface area contributed by atoms with Gasteiger partial charge in [-0.1, -0.05) is 23.7 Å². The van der Waals surface area contributed by atoms with Crippen molar-refractivity contribution in [2.45, 2.75) is 25.0 Å². The lowest BCUT2D eigenvalue weighted by Crippen LogP contribution is -2.45. The molecule has 1 saturated heterocycles. The number of urea groups is 1. The highest BCUT2D eigenvalue weighted by Gasteiger charge is 2.34. The molecule has 4 rings (SSSR count). The molecule has 0 radical (unpaired) electrons. The summed E-state index contributed by atoms with van der Waals surface area (Å²) < 4.78 is 32.3. The number of ether oxygens (including phenoxy) is 1. The Bertz CT molecular complexity index is 1230. The molecule has 2 atom stereocenters. The van der Waals surface area contributed by atoms with Crippen molar-refractivity contribution in [3.05, 3.63) is 70.9 Å². The number of amides is 3. The lowest BCUT2D eigenvalue weighted by Gasteiger charge is -2.24. The number of pyridine rings is 1. The Morgan fingerprint density at radius 2 is 2.03 bits per heavy atom. The molecule has 2 aromatic carbocycles. The summed E-state index contributed by atoms with van der Waals surface area (Å²) in [6.45, 7) is 0.218. The lowest BCUT2D eigenvalue weighted by atomic mass is 10.2. The Kier molecular flexibility index (Phi) is 7.09. The molecule has 4 N–H and O–H groups in total. The number of nitrogens with one attached hydrogen (secondary N) is 2. The molecule has 8 nitrogen and oxygen atoms in total. The number of carbonyl (C=O) groups is 2. The summed E-state index contributed by atoms with van der Waals surface area (Å²) in [5.74, 6) is -0.768. The maximum atomic E-state index is 13.6. The van der Waals surface area contributed by atoms with Crippen molar-refractivity contribution in [1.29, 1.82) is 0 Å². The largest absolute Gasteiger partial charge is 0.447 e. The zero-order valence-electron chi connectivity index (χ0n) is 17.9. The van der Waals surface area contributed by atoms with Crippen LogP contribution >= 0.6 is 11.6 Å². The molecule has 1 aliphatic heterocycles. The molecule has 0 unspecified atom stereocenters. The third-order valence-electron chi connectivity index (χ3n) is 5.49. The van der Waals surface area contributed by atoms with Crippen LogP contribution < -0.4 is 16.4 Å². The third-order valence-corrected chi connectivity index (χ3v) is 5.91. The number of nitrogens with zero attached hydrogens (tertiary/aromatic N) is 2. The summed E-state index contributed by atoms with van der Waals surface area (Å²) in [6, 6.07) is 8.98. The zero-order valence-corrected chi connectivity index (χ0v) is 18.7. The highest BCUT2D eigenvalue weighted by atomic mass is 35.5. The van der Waals surface area contributed by atoms with Gasteiger partial charge in [0, 0.05) is 30.7 Å². The molecule has 3 amide bonds. The van der Waals surface area contributed by atoms with Crippen LogP contribution in [0.1, 0.15) is 12.0 Å². The molecule has 0 spiro atoms. The quantitative estimate of drug-likeness (QED) is 0.501. The molecule has 0 saturated carbocycles. The molecule has 0 bridgehead atoms. The Labute approximate surface area is 199 Å². The van der Waals surface area contributed by atoms with Gasteiger partial charge >= 0.3 is 12.1 Å². The molecule has 1 fully saturated rings. The molecular weight excluding hydrogens is 468 g/mol. The van der Waals surface area contributed by atoms with Crippen LogP contribution in [0.4, 0.5) is 24.2 Å². The first-order chi connectivity index (χ1) is 16.3. The van der Waals surface area contributed by atoms with Crippen LogP contribution in [0.15, 0.2) is 48.7 Å². The fourth-order valence-corrected chi connectivity index (χ4v) is 4.00. The number of nitrogens with two attached hydrogens (primary N) is 1. The van der Waals surface area contributed by atoms with Gasteiger partial charge in [-0.05, 0) is 47.7 Å². The van der Waals surface area contributed by atoms with Crippen LogP contribution in [0.3, 0.4) is 0 Å². The van der Waals surface area contributed by atoms with E-state index in [0.717, 1.165) is 5.39 Å². The second-order valence-electron chi connectivity index (χ2n) is 7.96. The summed E-state index contributed by atoms with van der Waals surface area (Å²) in [6.07, 6.45) is 1.18. The SMILES string of the molecule is N[C@@H]1C[C@@H](COC(=O)Nc2cc3cc(F)ccc3cn2)N(C(=O)NCc2cccc(F)c2Cl)C1. The lowest BCUT2D eigenvalue weighted by molar-refractivity contribution is 0.123. The van der Waals surface area contributed by atoms with Crippen molar-refractivity contribution in [2.24, 2.45) is 5.73 Å². The van der Waals surface area contributed by atoms with E-state index in [-0.39, 0.29) is 36.6 Å². The molecule has 3 aromatic rings. The third kappa shape index (κ3) is 5.52. The van der Waals surface area contributed by atoms with Crippen molar-refractivity contribution >= 4 is 40.3 Å². The highest BCUT2D eigenvalue weighted by molar-refractivity contribution is 6.31. The predicted octanol–water partition coefficient (Wildman–Crippen LogP) is 4.03. The van der Waals surface area contributed by atoms with E-state index in [9.17, 15) is 18.4 Å². The topological polar surface area (TPSA) is 110 Å². The molecular formula is C23H22ClF2N5O3. The second kappa shape index (κ2) is 10.2. The average Bonchev–Trinajstić information content (AvgIpc) is 3.19. The van der Waals surface area contributed by atoms with Gasteiger partial charge in [0.25, 0.3) is 0 Å². The first-order valence-corrected chi connectivity index (χ1v) is 10.9. The van der Waals surface area contributed by atoms with E-state index in [2.05, 4.69) is 15.6 Å². The van der Waals surface area contributed by atoms with Gasteiger partial charge in [0.2, 0.25) is 0 Å². The van der Waals surface area contributed by atoms with Crippen molar-refractivity contribution in [3.63, 3.8) is 0 Å². The standard InChI is InChI=1S/C23H22ClF2N5O3/c24-21-14(2-1-3-19(21)26)10-29-22(32)31-11-17(27)8-18(31)12-34-23(33)30-20-7-15-6-16(25)5-4-13(15)9-28-20/h1-7,9,17-18H,8,10-12,27H2,(H,29,32)(H,28,30,33)/t17-,18+/m1/s1. The number of aromatic nitrogens is 1. The number of halogens is 3. The van der Waals surface area contributed by atoms with Gasteiger partial charge in [0.05, 0.1) is 11.1 Å². The molecule has 1 aromatic heterocycles. The maximum Gasteiger partial charge on any atom is 0.412 e. The number of rotatable bonds is 5. The predicted molar refractivity (Wildman–Crippen MR) is 123 cm³/mol. The Morgan fingerprint density at radius 3 is 2.85 bits per heavy atom. The van der Waals surface area contributed by atoms with E-state index < -0.39 is 29.8 Å². The zero-order chi connectivity index (χ0) is 24.2. The number of anilines is 1. The number of benzene rings is 2. The molecule has 178 valence electrons. The fourth-order valence-electron chi connectivity index (χ4n) is 3.81. The van der Waals surface area contributed by atoms with Crippen molar-refractivity contribution in [3.8, 4) is 0 Å². The van der Waals surface area contributed by atoms with Crippen LogP contribution in [0.2, 0.25) is 5.02 Å². The van der Waals surface area contributed by atoms with E-state index in [0.29, 0.717) is 17.4 Å². The van der Waals surface area contributed by atoms with Crippen molar-refractivity contribution in [1.82, 2.24) is 15.2 Å². The first kappa shape index (κ1) is 23.7. The molecule has 11 heteroatoms. The Balaban J connectivity index is 1.32. The second-order valence-corrected chi connectivity index (χ2v) is 8.34. The van der Waals surface area contributed by atoms with Crippen molar-refractivity contribution < 1.29 is 23.1 Å². The number of fused-ring (bicyclic) bond motifs is 1. The van der Waals surface area contributed by atoms with Gasteiger partial charge in [-0.15, -0.1) is 0 Å². The van der Waals surface area contributed by atoms with E-state index in [1.807, 2.05) is 0 Å². The summed E-state index contributed by atoms with van der Waals surface area (Å²) in [5.41, 5.74) is 6.45. The minimum atomic E-state index is -0.768. The normalized spacial score (nSPS) is 17.6. The number of hydrogen-bond donors (Lipinski definition) is 3. The van der Waals surface area contributed by atoms with Crippen LogP contribution in [-0.2, 0) is 11.3 Å². The molecule has 2 heterocycles. The van der Waals surface area contributed by atoms with Crippen LogP contribution in [0, 0.1) is 11.6 Å². The number of likely N-dealkylation sites (tertiary alicyclic amines) is 1. The van der Waals surface area contributed by atoms with Crippen molar-refractivity contribution in [2.75, 3.05) is 18.5 Å². The highest BCUT2D eigenvalue weighted by Crippen LogP contribution is 2.21. The first-order valence-electron chi connectivity index (χ1n) is 10.5. The van der Waals surface area contributed by atoms with E-state index in [4.69, 9.17) is 22.1 Å². The minimum Gasteiger partial charge on any atom is -0.447 e. The Hall–Kier alpha value is -3.50. The van der Waals surface area contributed by atoms with Crippen LogP contribution in [-0.4, -0.2) is 47.2 Å². The van der Waals surface area contributed by atoms with Gasteiger partial charge in [-0.3, -0.25) is 5.32 Å². The molecule has 1 aliphatic rings.